The summed E-state index contributed by atoms with van der Waals surface area (Å²) >= 11 is 0. The summed E-state index contributed by atoms with van der Waals surface area (Å²) in [5, 5.41) is 14.1. The lowest BCUT2D eigenvalue weighted by Gasteiger charge is -2.14. The van der Waals surface area contributed by atoms with Crippen molar-refractivity contribution >= 4 is 17.7 Å². The van der Waals surface area contributed by atoms with Crippen LogP contribution in [0.1, 0.15) is 24.5 Å². The van der Waals surface area contributed by atoms with Crippen LogP contribution in [-0.4, -0.2) is 23.7 Å². The van der Waals surface area contributed by atoms with Gasteiger partial charge in [0.05, 0.1) is 0 Å². The van der Waals surface area contributed by atoms with Crippen LogP contribution in [0.2, 0.25) is 0 Å². The number of amides is 2. The number of hydrogen-bond donors (Lipinski definition) is 3. The molecule has 0 aliphatic rings. The molecule has 1 unspecified atom stereocenters. The fraction of sp³-hybridized carbons (Fsp3) is 0.429. The monoisotopic (exact) mass is 264 g/mol. The third-order valence-corrected chi connectivity index (χ3v) is 2.85. The molecule has 0 saturated carbocycles. The molecular formula is C14H20N2O3. The lowest BCUT2D eigenvalue weighted by molar-refractivity contribution is -0.137. The Bertz CT molecular complexity index is 452. The molecule has 0 fully saturated rings. The molecule has 0 spiro atoms. The van der Waals surface area contributed by atoms with Gasteiger partial charge in [-0.15, -0.1) is 0 Å². The van der Waals surface area contributed by atoms with Gasteiger partial charge in [0.2, 0.25) is 0 Å². The highest BCUT2D eigenvalue weighted by Crippen LogP contribution is 2.19. The molecule has 2 amide bonds. The van der Waals surface area contributed by atoms with Gasteiger partial charge in [0, 0.05) is 18.7 Å². The van der Waals surface area contributed by atoms with E-state index in [0.29, 0.717) is 6.54 Å². The molecule has 0 aliphatic carbocycles. The predicted molar refractivity (Wildman–Crippen MR) is 74.4 cm³/mol. The number of anilines is 1. The second-order valence-corrected chi connectivity index (χ2v) is 4.80. The number of carbonyl (C=O) groups excluding carboxylic acids is 1. The molecule has 1 aromatic rings. The molecule has 104 valence electrons. The zero-order valence-corrected chi connectivity index (χ0v) is 11.5. The molecule has 0 saturated heterocycles. The minimum absolute atomic E-state index is 0.0453. The summed E-state index contributed by atoms with van der Waals surface area (Å²) in [5.41, 5.74) is 2.79. The van der Waals surface area contributed by atoms with Crippen molar-refractivity contribution in [1.82, 2.24) is 5.32 Å². The maximum absolute atomic E-state index is 11.7. The molecule has 0 bridgehead atoms. The number of benzene rings is 1. The quantitative estimate of drug-likeness (QED) is 0.764. The number of carboxylic acid groups (broad SMARTS) is 1. The van der Waals surface area contributed by atoms with Gasteiger partial charge in [-0.1, -0.05) is 25.1 Å². The van der Waals surface area contributed by atoms with Gasteiger partial charge >= 0.3 is 12.0 Å². The van der Waals surface area contributed by atoms with Crippen molar-refractivity contribution in [3.05, 3.63) is 29.3 Å². The van der Waals surface area contributed by atoms with Crippen molar-refractivity contribution in [2.24, 2.45) is 5.92 Å². The van der Waals surface area contributed by atoms with E-state index < -0.39 is 5.97 Å². The fourth-order valence-corrected chi connectivity index (χ4v) is 1.81. The summed E-state index contributed by atoms with van der Waals surface area (Å²) in [5.74, 6) is -0.953. The lowest BCUT2D eigenvalue weighted by atomic mass is 10.1. The van der Waals surface area contributed by atoms with Crippen LogP contribution in [0.5, 0.6) is 0 Å². The van der Waals surface area contributed by atoms with E-state index in [2.05, 4.69) is 10.6 Å². The minimum atomic E-state index is -0.857. The summed E-state index contributed by atoms with van der Waals surface area (Å²) in [6, 6.07) is 5.48. The van der Waals surface area contributed by atoms with Crippen molar-refractivity contribution < 1.29 is 14.7 Å². The van der Waals surface area contributed by atoms with Crippen LogP contribution in [0.3, 0.4) is 0 Å². The molecule has 5 nitrogen and oxygen atoms in total. The van der Waals surface area contributed by atoms with E-state index in [-0.39, 0.29) is 18.4 Å². The SMILES string of the molecule is Cc1cccc(C)c1NC(=O)NCC(C)CC(=O)O. The average molecular weight is 264 g/mol. The van der Waals surface area contributed by atoms with Crippen LogP contribution in [0.4, 0.5) is 10.5 Å². The maximum Gasteiger partial charge on any atom is 0.319 e. The van der Waals surface area contributed by atoms with Crippen LogP contribution in [0, 0.1) is 19.8 Å². The molecule has 0 aromatic heterocycles. The van der Waals surface area contributed by atoms with Gasteiger partial charge < -0.3 is 15.7 Å². The van der Waals surface area contributed by atoms with E-state index in [1.54, 1.807) is 6.92 Å². The van der Waals surface area contributed by atoms with Crippen LogP contribution >= 0.6 is 0 Å². The number of urea groups is 1. The molecule has 1 atom stereocenters. The maximum atomic E-state index is 11.7. The average Bonchev–Trinajstić information content (AvgIpc) is 2.30. The molecule has 0 heterocycles. The first-order valence-corrected chi connectivity index (χ1v) is 6.23. The first kappa shape index (κ1) is 15.0. The van der Waals surface area contributed by atoms with Crippen molar-refractivity contribution in [3.63, 3.8) is 0 Å². The Hall–Kier alpha value is -2.04. The molecule has 0 aliphatic heterocycles. The van der Waals surface area contributed by atoms with E-state index in [9.17, 15) is 9.59 Å². The van der Waals surface area contributed by atoms with Gasteiger partial charge in [-0.2, -0.15) is 0 Å². The zero-order valence-electron chi connectivity index (χ0n) is 11.5. The number of carbonyl (C=O) groups is 2. The van der Waals surface area contributed by atoms with Crippen molar-refractivity contribution in [3.8, 4) is 0 Å². The summed E-state index contributed by atoms with van der Waals surface area (Å²) in [7, 11) is 0. The van der Waals surface area contributed by atoms with Crippen LogP contribution in [-0.2, 0) is 4.79 Å². The van der Waals surface area contributed by atoms with E-state index in [0.717, 1.165) is 16.8 Å². The minimum Gasteiger partial charge on any atom is -0.481 e. The standard InChI is InChI=1S/C14H20N2O3/c1-9(7-12(17)18)8-15-14(19)16-13-10(2)5-4-6-11(13)3/h4-6,9H,7-8H2,1-3H3,(H,17,18)(H2,15,16,19). The van der Waals surface area contributed by atoms with E-state index in [4.69, 9.17) is 5.11 Å². The molecule has 3 N–H and O–H groups in total. The van der Waals surface area contributed by atoms with Crippen molar-refractivity contribution in [2.45, 2.75) is 27.2 Å². The number of para-hydroxylation sites is 1. The number of nitrogens with one attached hydrogen (secondary N) is 2. The first-order chi connectivity index (χ1) is 8.90. The van der Waals surface area contributed by atoms with Crippen molar-refractivity contribution in [1.29, 1.82) is 0 Å². The Morgan fingerprint density at radius 2 is 1.84 bits per heavy atom. The lowest BCUT2D eigenvalue weighted by Crippen LogP contribution is -2.33. The topological polar surface area (TPSA) is 78.4 Å². The second-order valence-electron chi connectivity index (χ2n) is 4.80. The van der Waals surface area contributed by atoms with Gasteiger partial charge in [-0.05, 0) is 30.9 Å². The third kappa shape index (κ3) is 4.99. The van der Waals surface area contributed by atoms with Gasteiger partial charge in [-0.25, -0.2) is 4.79 Å². The highest BCUT2D eigenvalue weighted by atomic mass is 16.4. The number of rotatable bonds is 5. The smallest absolute Gasteiger partial charge is 0.319 e. The number of aliphatic carboxylic acids is 1. The normalized spacial score (nSPS) is 11.7. The van der Waals surface area contributed by atoms with Gasteiger partial charge in [0.15, 0.2) is 0 Å². The van der Waals surface area contributed by atoms with Gasteiger partial charge in [0.25, 0.3) is 0 Å². The Labute approximate surface area is 113 Å². The Balaban J connectivity index is 2.50. The van der Waals surface area contributed by atoms with Crippen molar-refractivity contribution in [2.75, 3.05) is 11.9 Å². The predicted octanol–water partition coefficient (Wildman–Crippen LogP) is 2.54. The Kier molecular flexibility index (Phi) is 5.36. The molecule has 19 heavy (non-hydrogen) atoms. The highest BCUT2D eigenvalue weighted by molar-refractivity contribution is 5.91. The molecule has 1 aromatic carbocycles. The second kappa shape index (κ2) is 6.78. The molecule has 1 rings (SSSR count). The van der Waals surface area contributed by atoms with Gasteiger partial charge in [-0.3, -0.25) is 4.79 Å². The number of hydrogen-bond acceptors (Lipinski definition) is 2. The van der Waals surface area contributed by atoms with Crippen LogP contribution in [0.25, 0.3) is 0 Å². The molecule has 5 heteroatoms. The van der Waals surface area contributed by atoms with E-state index in [1.165, 1.54) is 0 Å². The number of carboxylic acids is 1. The summed E-state index contributed by atoms with van der Waals surface area (Å²) in [6.07, 6.45) is 0.0453. The Morgan fingerprint density at radius 3 is 2.37 bits per heavy atom. The fourth-order valence-electron chi connectivity index (χ4n) is 1.81. The summed E-state index contributed by atoms with van der Waals surface area (Å²) in [6.45, 7) is 5.97. The molecular weight excluding hydrogens is 244 g/mol. The van der Waals surface area contributed by atoms with E-state index in [1.807, 2.05) is 32.0 Å². The largest absolute Gasteiger partial charge is 0.481 e. The van der Waals surface area contributed by atoms with Crippen LogP contribution < -0.4 is 10.6 Å². The number of aryl methyl sites for hydroxylation is 2. The zero-order chi connectivity index (χ0) is 14.4. The highest BCUT2D eigenvalue weighted by Gasteiger charge is 2.10. The summed E-state index contributed by atoms with van der Waals surface area (Å²) in [4.78, 5) is 22.2. The van der Waals surface area contributed by atoms with Gasteiger partial charge in [0.1, 0.15) is 0 Å². The van der Waals surface area contributed by atoms with E-state index >= 15 is 0 Å². The van der Waals surface area contributed by atoms with Crippen LogP contribution in [0.15, 0.2) is 18.2 Å². The third-order valence-electron chi connectivity index (χ3n) is 2.85. The first-order valence-electron chi connectivity index (χ1n) is 6.23. The molecule has 0 radical (unpaired) electrons. The Morgan fingerprint density at radius 1 is 1.26 bits per heavy atom. The summed E-state index contributed by atoms with van der Waals surface area (Å²) < 4.78 is 0.